The van der Waals surface area contributed by atoms with Crippen LogP contribution in [0.25, 0.3) is 0 Å². The predicted molar refractivity (Wildman–Crippen MR) is 106 cm³/mol. The fourth-order valence-corrected chi connectivity index (χ4v) is 4.69. The monoisotopic (exact) mass is 393 g/mol. The number of carbonyl (C=O) groups excluding carboxylic acids is 3. The van der Waals surface area contributed by atoms with E-state index in [0.29, 0.717) is 11.9 Å². The van der Waals surface area contributed by atoms with E-state index in [9.17, 15) is 14.4 Å². The van der Waals surface area contributed by atoms with Gasteiger partial charge in [0.1, 0.15) is 0 Å². The van der Waals surface area contributed by atoms with E-state index < -0.39 is 5.91 Å². The summed E-state index contributed by atoms with van der Waals surface area (Å²) in [4.78, 5) is 44.7. The van der Waals surface area contributed by atoms with Crippen molar-refractivity contribution >= 4 is 17.7 Å². The minimum absolute atomic E-state index is 0.0269. The Balaban J connectivity index is 1.45. The lowest BCUT2D eigenvalue weighted by molar-refractivity contribution is -0.139. The smallest absolute Gasteiger partial charge is 0.227 e. The first kappa shape index (κ1) is 21.0. The number of amides is 3. The Kier molecular flexibility index (Phi) is 7.29. The van der Waals surface area contributed by atoms with Gasteiger partial charge in [0, 0.05) is 64.7 Å². The van der Waals surface area contributed by atoms with E-state index in [0.717, 1.165) is 78.0 Å². The molecule has 0 aromatic carbocycles. The Morgan fingerprint density at radius 1 is 0.857 bits per heavy atom. The number of nitrogens with zero attached hydrogens (tertiary/aromatic N) is 4. The lowest BCUT2D eigenvalue weighted by Gasteiger charge is -2.43. The van der Waals surface area contributed by atoms with E-state index in [1.165, 1.54) is 0 Å². The maximum absolute atomic E-state index is 12.9. The third kappa shape index (κ3) is 5.44. The number of likely N-dealkylation sites (N-methyl/N-ethyl adjacent to an activating group) is 1. The van der Waals surface area contributed by atoms with Gasteiger partial charge in [-0.1, -0.05) is 0 Å². The summed E-state index contributed by atoms with van der Waals surface area (Å²) in [5, 5.41) is 0. The molecule has 0 radical (unpaired) electrons. The third-order valence-corrected chi connectivity index (χ3v) is 6.54. The van der Waals surface area contributed by atoms with Crippen LogP contribution >= 0.6 is 0 Å². The van der Waals surface area contributed by atoms with Gasteiger partial charge in [0.2, 0.25) is 17.7 Å². The summed E-state index contributed by atoms with van der Waals surface area (Å²) in [6.07, 6.45) is 4.29. The zero-order valence-electron chi connectivity index (χ0n) is 17.1. The average Bonchev–Trinajstić information content (AvgIpc) is 2.72. The highest BCUT2D eigenvalue weighted by molar-refractivity contribution is 5.83. The summed E-state index contributed by atoms with van der Waals surface area (Å²) < 4.78 is 0. The zero-order chi connectivity index (χ0) is 20.1. The molecule has 3 heterocycles. The second-order valence-electron chi connectivity index (χ2n) is 8.54. The summed E-state index contributed by atoms with van der Waals surface area (Å²) in [5.74, 6) is 0.0517. The molecule has 1 atom stereocenters. The molecule has 28 heavy (non-hydrogen) atoms. The lowest BCUT2D eigenvalue weighted by Crippen LogP contribution is -2.54. The van der Waals surface area contributed by atoms with Gasteiger partial charge >= 0.3 is 0 Å². The first-order valence-corrected chi connectivity index (χ1v) is 10.7. The second kappa shape index (κ2) is 9.69. The molecule has 3 aliphatic rings. The minimum Gasteiger partial charge on any atom is -0.370 e. The number of primary amides is 1. The Morgan fingerprint density at radius 2 is 1.54 bits per heavy atom. The van der Waals surface area contributed by atoms with Crippen molar-refractivity contribution in [3.63, 3.8) is 0 Å². The summed E-state index contributed by atoms with van der Waals surface area (Å²) in [7, 11) is 2.11. The van der Waals surface area contributed by atoms with Crippen molar-refractivity contribution in [2.75, 3.05) is 59.4 Å². The van der Waals surface area contributed by atoms with Crippen molar-refractivity contribution in [3.05, 3.63) is 0 Å². The SMILES string of the molecule is CN1CCN(C(=O)C2CCCN(C3CCN(C(=O)CCC(N)=O)CC3)C2)CC1. The molecule has 0 spiro atoms. The van der Waals surface area contributed by atoms with Crippen LogP contribution in [-0.4, -0.2) is 103 Å². The van der Waals surface area contributed by atoms with E-state index in [1.54, 1.807) is 0 Å². The Bertz CT molecular complexity index is 568. The second-order valence-corrected chi connectivity index (χ2v) is 8.54. The van der Waals surface area contributed by atoms with Crippen LogP contribution in [0.4, 0.5) is 0 Å². The number of nitrogens with two attached hydrogens (primary N) is 1. The number of likely N-dealkylation sites (tertiary alicyclic amines) is 2. The van der Waals surface area contributed by atoms with Crippen LogP contribution in [0.15, 0.2) is 0 Å². The predicted octanol–water partition coefficient (Wildman–Crippen LogP) is -0.271. The van der Waals surface area contributed by atoms with Gasteiger partial charge in [-0.05, 0) is 39.3 Å². The summed E-state index contributed by atoms with van der Waals surface area (Å²) in [5.41, 5.74) is 5.14. The van der Waals surface area contributed by atoms with E-state index >= 15 is 0 Å². The highest BCUT2D eigenvalue weighted by Gasteiger charge is 2.34. The van der Waals surface area contributed by atoms with Crippen LogP contribution in [0.1, 0.15) is 38.5 Å². The number of piperidine rings is 2. The van der Waals surface area contributed by atoms with Crippen molar-refractivity contribution in [1.82, 2.24) is 19.6 Å². The van der Waals surface area contributed by atoms with Gasteiger partial charge in [-0.2, -0.15) is 0 Å². The Hall–Kier alpha value is -1.67. The quantitative estimate of drug-likeness (QED) is 0.694. The molecule has 3 fully saturated rings. The van der Waals surface area contributed by atoms with Gasteiger partial charge in [-0.15, -0.1) is 0 Å². The highest BCUT2D eigenvalue weighted by Crippen LogP contribution is 2.25. The molecule has 0 saturated carbocycles. The van der Waals surface area contributed by atoms with Crippen LogP contribution in [0, 0.1) is 5.92 Å². The largest absolute Gasteiger partial charge is 0.370 e. The first-order valence-electron chi connectivity index (χ1n) is 10.7. The van der Waals surface area contributed by atoms with Crippen LogP contribution in [0.5, 0.6) is 0 Å². The van der Waals surface area contributed by atoms with Gasteiger partial charge in [0.05, 0.1) is 5.92 Å². The molecular weight excluding hydrogens is 358 g/mol. The van der Waals surface area contributed by atoms with Gasteiger partial charge in [-0.3, -0.25) is 19.3 Å². The van der Waals surface area contributed by atoms with Gasteiger partial charge < -0.3 is 20.4 Å². The number of carbonyl (C=O) groups is 3. The van der Waals surface area contributed by atoms with Crippen LogP contribution < -0.4 is 5.73 Å². The van der Waals surface area contributed by atoms with Crippen LogP contribution in [0.3, 0.4) is 0 Å². The highest BCUT2D eigenvalue weighted by atomic mass is 16.2. The fraction of sp³-hybridized carbons (Fsp3) is 0.850. The van der Waals surface area contributed by atoms with Gasteiger partial charge in [-0.25, -0.2) is 0 Å². The Labute approximate surface area is 168 Å². The van der Waals surface area contributed by atoms with Crippen molar-refractivity contribution in [2.24, 2.45) is 11.7 Å². The van der Waals surface area contributed by atoms with Crippen LogP contribution in [-0.2, 0) is 14.4 Å². The summed E-state index contributed by atoms with van der Waals surface area (Å²) in [6, 6.07) is 0.447. The fourth-order valence-electron chi connectivity index (χ4n) is 4.69. The number of rotatable bonds is 5. The molecule has 0 aliphatic carbocycles. The lowest BCUT2D eigenvalue weighted by atomic mass is 9.92. The molecule has 3 saturated heterocycles. The minimum atomic E-state index is -0.424. The van der Waals surface area contributed by atoms with E-state index in [2.05, 4.69) is 16.8 Å². The molecule has 8 heteroatoms. The maximum Gasteiger partial charge on any atom is 0.227 e. The van der Waals surface area contributed by atoms with Gasteiger partial charge in [0.25, 0.3) is 0 Å². The average molecular weight is 394 g/mol. The molecule has 0 bridgehead atoms. The molecule has 3 aliphatic heterocycles. The topological polar surface area (TPSA) is 90.2 Å². The Morgan fingerprint density at radius 3 is 2.18 bits per heavy atom. The number of piperazine rings is 1. The summed E-state index contributed by atoms with van der Waals surface area (Å²) >= 11 is 0. The molecule has 0 aromatic rings. The molecule has 8 nitrogen and oxygen atoms in total. The molecule has 2 N–H and O–H groups in total. The third-order valence-electron chi connectivity index (χ3n) is 6.54. The maximum atomic E-state index is 12.9. The van der Waals surface area contributed by atoms with Gasteiger partial charge in [0.15, 0.2) is 0 Å². The van der Waals surface area contributed by atoms with Crippen LogP contribution in [0.2, 0.25) is 0 Å². The molecule has 0 aromatic heterocycles. The molecular formula is C20H35N5O3. The molecule has 3 rings (SSSR count). The zero-order valence-corrected chi connectivity index (χ0v) is 17.1. The standard InChI is InChI=1S/C20H35N5O3/c1-22-11-13-24(14-12-22)20(28)16-3-2-8-25(15-16)17-6-9-23(10-7-17)19(27)5-4-18(21)26/h16-17H,2-15H2,1H3,(H2,21,26). The van der Waals surface area contributed by atoms with Crippen molar-refractivity contribution in [1.29, 1.82) is 0 Å². The molecule has 3 amide bonds. The van der Waals surface area contributed by atoms with Crippen molar-refractivity contribution < 1.29 is 14.4 Å². The molecule has 1 unspecified atom stereocenters. The van der Waals surface area contributed by atoms with E-state index in [4.69, 9.17) is 5.73 Å². The number of hydrogen-bond donors (Lipinski definition) is 1. The van der Waals surface area contributed by atoms with E-state index in [-0.39, 0.29) is 24.7 Å². The number of hydrogen-bond acceptors (Lipinski definition) is 5. The first-order chi connectivity index (χ1) is 13.4. The van der Waals surface area contributed by atoms with Crippen molar-refractivity contribution in [2.45, 2.75) is 44.6 Å². The summed E-state index contributed by atoms with van der Waals surface area (Å²) in [6.45, 7) is 6.98. The molecule has 158 valence electrons. The van der Waals surface area contributed by atoms with E-state index in [1.807, 2.05) is 9.80 Å². The normalized spacial score (nSPS) is 25.7. The van der Waals surface area contributed by atoms with Crippen molar-refractivity contribution in [3.8, 4) is 0 Å².